The molecular formula is C20H31N5O2. The quantitative estimate of drug-likeness (QED) is 0.547. The summed E-state index contributed by atoms with van der Waals surface area (Å²) in [5.74, 6) is 3.05. The Kier molecular flexibility index (Phi) is 7.67. The van der Waals surface area contributed by atoms with Crippen molar-refractivity contribution < 1.29 is 9.15 Å². The highest BCUT2D eigenvalue weighted by Crippen LogP contribution is 2.22. The molecule has 7 nitrogen and oxygen atoms in total. The second-order valence-corrected chi connectivity index (χ2v) is 6.58. The molecule has 0 spiro atoms. The standard InChI is InChI=1S/C20H31N5O2/c1-7-21-20(23-13-19-24-14(2)15(3)27-19)22-12-18(25(4)5)16-9-8-10-17(11-16)26-6/h8-11,18H,7,12-13H2,1-6H3,(H2,21,22,23). The first-order valence-corrected chi connectivity index (χ1v) is 9.20. The lowest BCUT2D eigenvalue weighted by Gasteiger charge is -2.26. The van der Waals surface area contributed by atoms with Gasteiger partial charge in [-0.1, -0.05) is 12.1 Å². The number of rotatable bonds is 8. The van der Waals surface area contributed by atoms with Crippen LogP contribution in [-0.2, 0) is 6.54 Å². The third-order valence-electron chi connectivity index (χ3n) is 4.35. The van der Waals surface area contributed by atoms with Gasteiger partial charge in [0, 0.05) is 13.1 Å². The highest BCUT2D eigenvalue weighted by atomic mass is 16.5. The van der Waals surface area contributed by atoms with E-state index in [1.165, 1.54) is 5.56 Å². The van der Waals surface area contributed by atoms with Gasteiger partial charge in [-0.15, -0.1) is 0 Å². The molecule has 0 aliphatic carbocycles. The van der Waals surface area contributed by atoms with Crippen molar-refractivity contribution in [2.24, 2.45) is 4.99 Å². The van der Waals surface area contributed by atoms with Crippen molar-refractivity contribution in [2.45, 2.75) is 33.4 Å². The Balaban J connectivity index is 2.07. The molecule has 1 heterocycles. The second kappa shape index (κ2) is 9.97. The zero-order chi connectivity index (χ0) is 19.8. The molecule has 1 unspecified atom stereocenters. The van der Waals surface area contributed by atoms with Crippen LogP contribution in [0.3, 0.4) is 0 Å². The normalized spacial score (nSPS) is 12.9. The van der Waals surface area contributed by atoms with Crippen molar-refractivity contribution in [3.8, 4) is 5.75 Å². The van der Waals surface area contributed by atoms with E-state index in [1.807, 2.05) is 32.9 Å². The van der Waals surface area contributed by atoms with E-state index >= 15 is 0 Å². The summed E-state index contributed by atoms with van der Waals surface area (Å²) in [6.45, 7) is 7.77. The fourth-order valence-electron chi connectivity index (χ4n) is 2.74. The Morgan fingerprint density at radius 1 is 1.30 bits per heavy atom. The number of likely N-dealkylation sites (N-methyl/N-ethyl adjacent to an activating group) is 1. The third kappa shape index (κ3) is 5.99. The molecule has 0 bridgehead atoms. The molecule has 1 aromatic heterocycles. The molecule has 1 aromatic carbocycles. The van der Waals surface area contributed by atoms with Gasteiger partial charge in [0.1, 0.15) is 18.1 Å². The summed E-state index contributed by atoms with van der Waals surface area (Å²) in [4.78, 5) is 11.1. The fraction of sp³-hybridized carbons (Fsp3) is 0.500. The number of nitrogens with one attached hydrogen (secondary N) is 2. The maximum absolute atomic E-state index is 5.61. The van der Waals surface area contributed by atoms with Crippen molar-refractivity contribution >= 4 is 5.96 Å². The van der Waals surface area contributed by atoms with E-state index in [4.69, 9.17) is 9.15 Å². The van der Waals surface area contributed by atoms with Crippen molar-refractivity contribution in [3.05, 3.63) is 47.2 Å². The number of nitrogens with zero attached hydrogens (tertiary/aromatic N) is 3. The van der Waals surface area contributed by atoms with Crippen LogP contribution < -0.4 is 15.4 Å². The number of oxazole rings is 1. The van der Waals surface area contributed by atoms with Crippen LogP contribution in [0.15, 0.2) is 33.7 Å². The van der Waals surface area contributed by atoms with E-state index in [0.717, 1.165) is 29.7 Å². The first-order valence-electron chi connectivity index (χ1n) is 9.20. The predicted molar refractivity (Wildman–Crippen MR) is 108 cm³/mol. The van der Waals surface area contributed by atoms with Gasteiger partial charge in [-0.05, 0) is 52.6 Å². The Labute approximate surface area is 161 Å². The Hall–Kier alpha value is -2.54. The SMILES string of the molecule is CCNC(=NCc1nc(C)c(C)o1)NCC(c1cccc(OC)c1)N(C)C. The highest BCUT2D eigenvalue weighted by molar-refractivity contribution is 5.79. The van der Waals surface area contributed by atoms with Crippen molar-refractivity contribution in [3.63, 3.8) is 0 Å². The molecule has 7 heteroatoms. The van der Waals surface area contributed by atoms with Gasteiger partial charge in [0.2, 0.25) is 5.89 Å². The van der Waals surface area contributed by atoms with Gasteiger partial charge >= 0.3 is 0 Å². The summed E-state index contributed by atoms with van der Waals surface area (Å²) in [7, 11) is 5.81. The number of hydrogen-bond donors (Lipinski definition) is 2. The smallest absolute Gasteiger partial charge is 0.216 e. The largest absolute Gasteiger partial charge is 0.497 e. The predicted octanol–water partition coefficient (Wildman–Crippen LogP) is 2.66. The van der Waals surface area contributed by atoms with E-state index in [9.17, 15) is 0 Å². The van der Waals surface area contributed by atoms with Gasteiger partial charge in [-0.25, -0.2) is 9.98 Å². The molecule has 2 N–H and O–H groups in total. The molecule has 0 saturated heterocycles. The number of guanidine groups is 1. The van der Waals surface area contributed by atoms with Crippen LogP contribution in [0.4, 0.5) is 0 Å². The molecule has 0 aliphatic rings. The fourth-order valence-corrected chi connectivity index (χ4v) is 2.74. The average Bonchev–Trinajstić information content (AvgIpc) is 2.97. The molecule has 0 fully saturated rings. The van der Waals surface area contributed by atoms with Gasteiger partial charge in [0.25, 0.3) is 0 Å². The van der Waals surface area contributed by atoms with Gasteiger partial charge in [-0.2, -0.15) is 0 Å². The minimum Gasteiger partial charge on any atom is -0.497 e. The molecule has 0 amide bonds. The molecular weight excluding hydrogens is 342 g/mol. The summed E-state index contributed by atoms with van der Waals surface area (Å²) < 4.78 is 11.0. The first-order chi connectivity index (χ1) is 12.9. The van der Waals surface area contributed by atoms with Gasteiger partial charge in [0.15, 0.2) is 5.96 Å². The van der Waals surface area contributed by atoms with Crippen molar-refractivity contribution in [1.82, 2.24) is 20.5 Å². The van der Waals surface area contributed by atoms with Crippen LogP contribution in [0.5, 0.6) is 5.75 Å². The summed E-state index contributed by atoms with van der Waals surface area (Å²) in [6, 6.07) is 8.31. The molecule has 27 heavy (non-hydrogen) atoms. The lowest BCUT2D eigenvalue weighted by atomic mass is 10.1. The lowest BCUT2D eigenvalue weighted by molar-refractivity contribution is 0.297. The number of methoxy groups -OCH3 is 1. The molecule has 0 saturated carbocycles. The summed E-state index contributed by atoms with van der Waals surface area (Å²) in [5.41, 5.74) is 2.09. The van der Waals surface area contributed by atoms with E-state index in [-0.39, 0.29) is 6.04 Å². The summed E-state index contributed by atoms with van der Waals surface area (Å²) in [6.07, 6.45) is 0. The third-order valence-corrected chi connectivity index (χ3v) is 4.35. The Bertz CT molecular complexity index is 735. The minimum absolute atomic E-state index is 0.176. The van der Waals surface area contributed by atoms with Crippen LogP contribution in [-0.4, -0.2) is 50.1 Å². The number of aromatic nitrogens is 1. The van der Waals surface area contributed by atoms with E-state index in [1.54, 1.807) is 7.11 Å². The van der Waals surface area contributed by atoms with Crippen LogP contribution >= 0.6 is 0 Å². The average molecular weight is 374 g/mol. The number of aliphatic imine (C=N–C) groups is 1. The number of aryl methyl sites for hydroxylation is 2. The Morgan fingerprint density at radius 3 is 2.67 bits per heavy atom. The van der Waals surface area contributed by atoms with E-state index in [2.05, 4.69) is 51.7 Å². The number of benzene rings is 1. The zero-order valence-electron chi connectivity index (χ0n) is 17.2. The molecule has 0 radical (unpaired) electrons. The molecule has 148 valence electrons. The second-order valence-electron chi connectivity index (χ2n) is 6.58. The van der Waals surface area contributed by atoms with Crippen molar-refractivity contribution in [1.29, 1.82) is 0 Å². The molecule has 0 aliphatic heterocycles. The lowest BCUT2D eigenvalue weighted by Crippen LogP contribution is -2.41. The summed E-state index contributed by atoms with van der Waals surface area (Å²) >= 11 is 0. The van der Waals surface area contributed by atoms with Crippen LogP contribution in [0.2, 0.25) is 0 Å². The van der Waals surface area contributed by atoms with E-state index in [0.29, 0.717) is 19.0 Å². The Morgan fingerprint density at radius 2 is 2.07 bits per heavy atom. The highest BCUT2D eigenvalue weighted by Gasteiger charge is 2.15. The summed E-state index contributed by atoms with van der Waals surface area (Å²) in [5, 5.41) is 6.69. The van der Waals surface area contributed by atoms with Crippen LogP contribution in [0.1, 0.15) is 35.9 Å². The molecule has 1 atom stereocenters. The molecule has 2 aromatic rings. The maximum Gasteiger partial charge on any atom is 0.216 e. The van der Waals surface area contributed by atoms with Gasteiger partial charge < -0.3 is 24.7 Å². The topological polar surface area (TPSA) is 74.9 Å². The van der Waals surface area contributed by atoms with Crippen LogP contribution in [0, 0.1) is 13.8 Å². The zero-order valence-corrected chi connectivity index (χ0v) is 17.2. The number of hydrogen-bond acceptors (Lipinski definition) is 5. The van der Waals surface area contributed by atoms with Crippen LogP contribution in [0.25, 0.3) is 0 Å². The number of ether oxygens (including phenoxy) is 1. The first kappa shape index (κ1) is 20.8. The van der Waals surface area contributed by atoms with Crippen molar-refractivity contribution in [2.75, 3.05) is 34.3 Å². The minimum atomic E-state index is 0.176. The monoisotopic (exact) mass is 373 g/mol. The molecule has 2 rings (SSSR count). The van der Waals surface area contributed by atoms with Gasteiger partial charge in [-0.3, -0.25) is 0 Å². The van der Waals surface area contributed by atoms with E-state index < -0.39 is 0 Å². The maximum atomic E-state index is 5.61. The van der Waals surface area contributed by atoms with Gasteiger partial charge in [0.05, 0.1) is 18.8 Å².